The molecule has 2 aromatic rings. The van der Waals surface area contributed by atoms with Gasteiger partial charge < -0.3 is 9.73 Å². The van der Waals surface area contributed by atoms with Crippen LogP contribution in [0, 0.1) is 27.7 Å². The van der Waals surface area contributed by atoms with Crippen molar-refractivity contribution in [2.24, 2.45) is 0 Å². The van der Waals surface area contributed by atoms with Gasteiger partial charge in [0.2, 0.25) is 0 Å². The zero-order chi connectivity index (χ0) is 15.6. The summed E-state index contributed by atoms with van der Waals surface area (Å²) in [6, 6.07) is 6.50. The first kappa shape index (κ1) is 16.1. The Kier molecular flexibility index (Phi) is 5.13. The minimum absolute atomic E-state index is 0.229. The third-order valence-electron chi connectivity index (χ3n) is 4.05. The molecule has 0 radical (unpaired) electrons. The van der Waals surface area contributed by atoms with Crippen molar-refractivity contribution in [2.75, 3.05) is 6.54 Å². The summed E-state index contributed by atoms with van der Waals surface area (Å²) in [5.41, 5.74) is 4.87. The fourth-order valence-electron chi connectivity index (χ4n) is 2.88. The van der Waals surface area contributed by atoms with Crippen molar-refractivity contribution < 1.29 is 4.42 Å². The summed E-state index contributed by atoms with van der Waals surface area (Å²) in [7, 11) is 0. The van der Waals surface area contributed by atoms with Gasteiger partial charge >= 0.3 is 0 Å². The maximum absolute atomic E-state index is 6.39. The van der Waals surface area contributed by atoms with Crippen LogP contribution in [0.1, 0.15) is 46.7 Å². The van der Waals surface area contributed by atoms with E-state index in [4.69, 9.17) is 16.0 Å². The number of aryl methyl sites for hydroxylation is 3. The molecular weight excluding hydrogens is 282 g/mol. The molecular formula is C18H24ClNO. The summed E-state index contributed by atoms with van der Waals surface area (Å²) in [6.45, 7) is 11.3. The lowest BCUT2D eigenvalue weighted by Gasteiger charge is -2.19. The largest absolute Gasteiger partial charge is 0.466 e. The SMILES string of the molecule is CCNC(Cc1ccc(C)cc1Cl)c1c(C)oc(C)c1C. The van der Waals surface area contributed by atoms with Gasteiger partial charge in [-0.05, 0) is 63.4 Å². The van der Waals surface area contributed by atoms with Crippen molar-refractivity contribution in [2.45, 2.75) is 47.1 Å². The van der Waals surface area contributed by atoms with E-state index in [1.165, 1.54) is 22.3 Å². The number of likely N-dealkylation sites (N-methyl/N-ethyl adjacent to an activating group) is 1. The van der Waals surface area contributed by atoms with Crippen LogP contribution in [0.4, 0.5) is 0 Å². The second-order valence-electron chi connectivity index (χ2n) is 5.66. The number of hydrogen-bond acceptors (Lipinski definition) is 2. The van der Waals surface area contributed by atoms with Crippen LogP contribution in [0.5, 0.6) is 0 Å². The lowest BCUT2D eigenvalue weighted by atomic mass is 9.95. The normalized spacial score (nSPS) is 12.7. The Balaban J connectivity index is 2.35. The first-order valence-corrected chi connectivity index (χ1v) is 7.86. The molecule has 0 saturated carbocycles. The molecule has 0 bridgehead atoms. The molecule has 0 fully saturated rings. The molecule has 0 aliphatic carbocycles. The summed E-state index contributed by atoms with van der Waals surface area (Å²) in [4.78, 5) is 0. The first-order chi connectivity index (χ1) is 9.93. The molecule has 0 aliphatic heterocycles. The minimum Gasteiger partial charge on any atom is -0.466 e. The Morgan fingerprint density at radius 2 is 1.86 bits per heavy atom. The topological polar surface area (TPSA) is 25.2 Å². The number of benzene rings is 1. The van der Waals surface area contributed by atoms with E-state index >= 15 is 0 Å². The molecule has 2 nitrogen and oxygen atoms in total. The van der Waals surface area contributed by atoms with E-state index in [1.807, 2.05) is 19.9 Å². The van der Waals surface area contributed by atoms with E-state index in [0.717, 1.165) is 29.5 Å². The molecule has 114 valence electrons. The molecule has 0 aliphatic rings. The van der Waals surface area contributed by atoms with Gasteiger partial charge in [0, 0.05) is 16.6 Å². The fourth-order valence-corrected chi connectivity index (χ4v) is 3.19. The Hall–Kier alpha value is -1.25. The van der Waals surface area contributed by atoms with Crippen LogP contribution < -0.4 is 5.32 Å². The quantitative estimate of drug-likeness (QED) is 0.835. The van der Waals surface area contributed by atoms with Gasteiger partial charge in [-0.1, -0.05) is 30.7 Å². The van der Waals surface area contributed by atoms with Crippen LogP contribution in [0.15, 0.2) is 22.6 Å². The predicted octanol–water partition coefficient (Wildman–Crippen LogP) is 5.06. The lowest BCUT2D eigenvalue weighted by molar-refractivity contribution is 0.484. The maximum Gasteiger partial charge on any atom is 0.106 e. The smallest absolute Gasteiger partial charge is 0.106 e. The standard InChI is InChI=1S/C18H24ClNO/c1-6-20-17(18-12(3)13(4)21-14(18)5)10-15-8-7-11(2)9-16(15)19/h7-9,17,20H,6,10H2,1-5H3. The third kappa shape index (κ3) is 3.50. The van der Waals surface area contributed by atoms with Crippen molar-refractivity contribution >= 4 is 11.6 Å². The fraction of sp³-hybridized carbons (Fsp3) is 0.444. The van der Waals surface area contributed by atoms with Crippen LogP contribution >= 0.6 is 11.6 Å². The van der Waals surface area contributed by atoms with Gasteiger partial charge in [0.05, 0.1) is 0 Å². The Morgan fingerprint density at radius 1 is 1.14 bits per heavy atom. The number of furan rings is 1. The number of hydrogen-bond donors (Lipinski definition) is 1. The summed E-state index contributed by atoms with van der Waals surface area (Å²) in [6.07, 6.45) is 0.869. The van der Waals surface area contributed by atoms with Crippen LogP contribution in [-0.4, -0.2) is 6.54 Å². The van der Waals surface area contributed by atoms with Crippen molar-refractivity contribution in [1.29, 1.82) is 0 Å². The summed E-state index contributed by atoms with van der Waals surface area (Å²) < 4.78 is 5.79. The van der Waals surface area contributed by atoms with Crippen molar-refractivity contribution in [1.82, 2.24) is 5.32 Å². The molecule has 1 atom stereocenters. The van der Waals surface area contributed by atoms with Gasteiger partial charge in [-0.2, -0.15) is 0 Å². The molecule has 21 heavy (non-hydrogen) atoms. The van der Waals surface area contributed by atoms with Gasteiger partial charge in [0.1, 0.15) is 11.5 Å². The number of nitrogens with one attached hydrogen (secondary N) is 1. The summed E-state index contributed by atoms with van der Waals surface area (Å²) in [5, 5.41) is 4.41. The highest BCUT2D eigenvalue weighted by atomic mass is 35.5. The highest BCUT2D eigenvalue weighted by molar-refractivity contribution is 6.31. The Labute approximate surface area is 132 Å². The first-order valence-electron chi connectivity index (χ1n) is 7.49. The highest BCUT2D eigenvalue weighted by Crippen LogP contribution is 2.31. The Bertz CT molecular complexity index is 630. The van der Waals surface area contributed by atoms with E-state index < -0.39 is 0 Å². The maximum atomic E-state index is 6.39. The number of rotatable bonds is 5. The molecule has 3 heteroatoms. The summed E-state index contributed by atoms with van der Waals surface area (Å²) >= 11 is 6.39. The zero-order valence-corrected chi connectivity index (χ0v) is 14.3. The zero-order valence-electron chi connectivity index (χ0n) is 13.5. The van der Waals surface area contributed by atoms with Crippen LogP contribution in [0.2, 0.25) is 5.02 Å². The highest BCUT2D eigenvalue weighted by Gasteiger charge is 2.21. The van der Waals surface area contributed by atoms with E-state index in [1.54, 1.807) is 0 Å². The monoisotopic (exact) mass is 305 g/mol. The van der Waals surface area contributed by atoms with Crippen molar-refractivity contribution in [3.63, 3.8) is 0 Å². The van der Waals surface area contributed by atoms with Gasteiger partial charge in [0.15, 0.2) is 0 Å². The second kappa shape index (κ2) is 6.67. The van der Waals surface area contributed by atoms with E-state index in [-0.39, 0.29) is 6.04 Å². The van der Waals surface area contributed by atoms with E-state index in [0.29, 0.717) is 0 Å². The van der Waals surface area contributed by atoms with Gasteiger partial charge in [0.25, 0.3) is 0 Å². The second-order valence-corrected chi connectivity index (χ2v) is 6.07. The van der Waals surface area contributed by atoms with Gasteiger partial charge in [-0.15, -0.1) is 0 Å². The van der Waals surface area contributed by atoms with E-state index in [9.17, 15) is 0 Å². The molecule has 1 heterocycles. The summed E-state index contributed by atoms with van der Waals surface area (Å²) in [5.74, 6) is 2.00. The molecule has 0 saturated heterocycles. The minimum atomic E-state index is 0.229. The van der Waals surface area contributed by atoms with Crippen molar-refractivity contribution in [3.05, 3.63) is 57.0 Å². The average molecular weight is 306 g/mol. The average Bonchev–Trinajstić information content (AvgIpc) is 2.66. The van der Waals surface area contributed by atoms with Crippen LogP contribution in [-0.2, 0) is 6.42 Å². The molecule has 1 aromatic heterocycles. The van der Waals surface area contributed by atoms with Crippen LogP contribution in [0.25, 0.3) is 0 Å². The third-order valence-corrected chi connectivity index (χ3v) is 4.40. The van der Waals surface area contributed by atoms with Gasteiger partial charge in [-0.3, -0.25) is 0 Å². The van der Waals surface area contributed by atoms with Crippen molar-refractivity contribution in [3.8, 4) is 0 Å². The Morgan fingerprint density at radius 3 is 2.38 bits per heavy atom. The molecule has 1 unspecified atom stereocenters. The lowest BCUT2D eigenvalue weighted by Crippen LogP contribution is -2.24. The molecule has 1 aromatic carbocycles. The predicted molar refractivity (Wildman–Crippen MR) is 89.2 cm³/mol. The molecule has 2 rings (SSSR count). The van der Waals surface area contributed by atoms with Crippen LogP contribution in [0.3, 0.4) is 0 Å². The van der Waals surface area contributed by atoms with Gasteiger partial charge in [-0.25, -0.2) is 0 Å². The molecule has 0 spiro atoms. The molecule has 1 N–H and O–H groups in total. The molecule has 0 amide bonds. The van der Waals surface area contributed by atoms with E-state index in [2.05, 4.69) is 38.2 Å². The number of halogens is 1.